The van der Waals surface area contributed by atoms with Gasteiger partial charge in [0.05, 0.1) is 19.2 Å². The Labute approximate surface area is 118 Å². The Hall–Kier alpha value is -1.23. The maximum atomic E-state index is 11.3. The van der Waals surface area contributed by atoms with Crippen LogP contribution in [0, 0.1) is 5.41 Å². The average molecular weight is 280 g/mol. The van der Waals surface area contributed by atoms with Crippen LogP contribution in [0.1, 0.15) is 25.0 Å². The number of hydrogen-bond donors (Lipinski definition) is 1. The molecule has 0 aromatic carbocycles. The minimum Gasteiger partial charge on any atom is -0.469 e. The molecule has 1 aliphatic carbocycles. The van der Waals surface area contributed by atoms with Gasteiger partial charge in [0.15, 0.2) is 0 Å². The van der Waals surface area contributed by atoms with E-state index in [1.165, 1.54) is 7.11 Å². The summed E-state index contributed by atoms with van der Waals surface area (Å²) < 4.78 is 4.75. The second kappa shape index (κ2) is 6.28. The molecule has 0 aliphatic heterocycles. The van der Waals surface area contributed by atoms with Crippen LogP contribution < -0.4 is 5.32 Å². The zero-order valence-corrected chi connectivity index (χ0v) is 12.3. The molecule has 0 bridgehead atoms. The predicted molar refractivity (Wildman–Crippen MR) is 78.2 cm³/mol. The topological polar surface area (TPSA) is 51.2 Å². The molecule has 1 heterocycles. The first kappa shape index (κ1) is 14.2. The van der Waals surface area contributed by atoms with Crippen molar-refractivity contribution < 1.29 is 9.53 Å². The summed E-state index contributed by atoms with van der Waals surface area (Å²) in [4.78, 5) is 15.8. The zero-order chi connectivity index (χ0) is 13.7. The van der Waals surface area contributed by atoms with Gasteiger partial charge in [0, 0.05) is 12.8 Å². The van der Waals surface area contributed by atoms with Crippen LogP contribution >= 0.6 is 11.8 Å². The molecule has 1 N–H and O–H groups in total. The Morgan fingerprint density at radius 2 is 2.32 bits per heavy atom. The number of esters is 1. The fourth-order valence-corrected chi connectivity index (χ4v) is 3.29. The number of nitrogens with zero attached hydrogens (tertiary/aromatic N) is 1. The molecule has 104 valence electrons. The fraction of sp³-hybridized carbons (Fsp3) is 0.571. The van der Waals surface area contributed by atoms with Crippen LogP contribution in [0.5, 0.6) is 0 Å². The van der Waals surface area contributed by atoms with Gasteiger partial charge in [-0.25, -0.2) is 4.98 Å². The van der Waals surface area contributed by atoms with Gasteiger partial charge in [-0.2, -0.15) is 11.8 Å². The van der Waals surface area contributed by atoms with Gasteiger partial charge in [0.2, 0.25) is 0 Å². The first-order chi connectivity index (χ1) is 9.17. The summed E-state index contributed by atoms with van der Waals surface area (Å²) in [5.74, 6) is 2.70. The SMILES string of the molecule is CNc1cccc(CSCC2(CC(=O)OC)CC2)n1. The Bertz CT molecular complexity index is 447. The maximum absolute atomic E-state index is 11.3. The molecular formula is C14H20N2O2S. The van der Waals surface area contributed by atoms with E-state index in [2.05, 4.69) is 10.3 Å². The molecule has 19 heavy (non-hydrogen) atoms. The Balaban J connectivity index is 1.78. The fourth-order valence-electron chi connectivity index (χ4n) is 2.00. The van der Waals surface area contributed by atoms with Crippen molar-refractivity contribution in [1.82, 2.24) is 4.98 Å². The van der Waals surface area contributed by atoms with Gasteiger partial charge in [-0.1, -0.05) is 6.07 Å². The molecule has 1 aliphatic rings. The van der Waals surface area contributed by atoms with Crippen molar-refractivity contribution in [3.8, 4) is 0 Å². The van der Waals surface area contributed by atoms with E-state index in [-0.39, 0.29) is 11.4 Å². The van der Waals surface area contributed by atoms with Gasteiger partial charge in [-0.05, 0) is 36.1 Å². The van der Waals surface area contributed by atoms with Gasteiger partial charge in [0.25, 0.3) is 0 Å². The van der Waals surface area contributed by atoms with E-state index >= 15 is 0 Å². The van der Waals surface area contributed by atoms with Crippen LogP contribution in [0.15, 0.2) is 18.2 Å². The lowest BCUT2D eigenvalue weighted by Gasteiger charge is -2.12. The molecule has 1 aromatic rings. The maximum Gasteiger partial charge on any atom is 0.306 e. The van der Waals surface area contributed by atoms with Crippen LogP contribution in [-0.4, -0.2) is 30.9 Å². The number of pyridine rings is 1. The van der Waals surface area contributed by atoms with Gasteiger partial charge >= 0.3 is 5.97 Å². The number of carbonyl (C=O) groups excluding carboxylic acids is 1. The summed E-state index contributed by atoms with van der Waals surface area (Å²) in [7, 11) is 3.33. The third-order valence-corrected chi connectivity index (χ3v) is 4.74. The Morgan fingerprint density at radius 3 is 2.95 bits per heavy atom. The molecule has 1 aromatic heterocycles. The number of anilines is 1. The van der Waals surface area contributed by atoms with E-state index in [1.807, 2.05) is 37.0 Å². The molecule has 1 fully saturated rings. The van der Waals surface area contributed by atoms with E-state index in [4.69, 9.17) is 4.74 Å². The van der Waals surface area contributed by atoms with E-state index < -0.39 is 0 Å². The van der Waals surface area contributed by atoms with Crippen molar-refractivity contribution in [2.24, 2.45) is 5.41 Å². The van der Waals surface area contributed by atoms with Crippen molar-refractivity contribution in [1.29, 1.82) is 0 Å². The molecule has 2 rings (SSSR count). The lowest BCUT2D eigenvalue weighted by molar-refractivity contribution is -0.141. The highest BCUT2D eigenvalue weighted by molar-refractivity contribution is 7.98. The quantitative estimate of drug-likeness (QED) is 0.778. The van der Waals surface area contributed by atoms with Crippen molar-refractivity contribution in [2.75, 3.05) is 25.2 Å². The van der Waals surface area contributed by atoms with E-state index in [0.29, 0.717) is 6.42 Å². The van der Waals surface area contributed by atoms with E-state index in [1.54, 1.807) is 0 Å². The van der Waals surface area contributed by atoms with Crippen LogP contribution in [-0.2, 0) is 15.3 Å². The zero-order valence-electron chi connectivity index (χ0n) is 11.4. The monoisotopic (exact) mass is 280 g/mol. The molecule has 0 atom stereocenters. The summed E-state index contributed by atoms with van der Waals surface area (Å²) in [5.41, 5.74) is 1.27. The summed E-state index contributed by atoms with van der Waals surface area (Å²) in [6.45, 7) is 0. The summed E-state index contributed by atoms with van der Waals surface area (Å²) in [5, 5.41) is 3.04. The van der Waals surface area contributed by atoms with E-state index in [9.17, 15) is 4.79 Å². The second-order valence-corrected chi connectivity index (χ2v) is 6.00. The Morgan fingerprint density at radius 1 is 1.53 bits per heavy atom. The summed E-state index contributed by atoms with van der Waals surface area (Å²) in [6.07, 6.45) is 2.83. The molecule has 0 spiro atoms. The molecule has 0 amide bonds. The van der Waals surface area contributed by atoms with Crippen LogP contribution in [0.25, 0.3) is 0 Å². The molecule has 0 radical (unpaired) electrons. The highest BCUT2D eigenvalue weighted by Gasteiger charge is 2.44. The van der Waals surface area contributed by atoms with Crippen LogP contribution in [0.3, 0.4) is 0 Å². The van der Waals surface area contributed by atoms with Gasteiger partial charge in [0.1, 0.15) is 5.82 Å². The van der Waals surface area contributed by atoms with Crippen molar-refractivity contribution >= 4 is 23.5 Å². The molecule has 5 heteroatoms. The smallest absolute Gasteiger partial charge is 0.306 e. The first-order valence-electron chi connectivity index (χ1n) is 6.46. The molecule has 0 saturated heterocycles. The molecule has 0 unspecified atom stereocenters. The summed E-state index contributed by atoms with van der Waals surface area (Å²) >= 11 is 1.85. The Kier molecular flexibility index (Phi) is 4.69. The minimum atomic E-state index is -0.0894. The predicted octanol–water partition coefficient (Wildman–Crippen LogP) is 2.70. The molecular weight excluding hydrogens is 260 g/mol. The van der Waals surface area contributed by atoms with Gasteiger partial charge in [-0.15, -0.1) is 0 Å². The number of hydrogen-bond acceptors (Lipinski definition) is 5. The van der Waals surface area contributed by atoms with Gasteiger partial charge < -0.3 is 10.1 Å². The lowest BCUT2D eigenvalue weighted by atomic mass is 10.1. The standard InChI is InChI=1S/C14H20N2O2S/c1-15-12-5-3-4-11(16-12)9-19-10-14(6-7-14)8-13(17)18-2/h3-5H,6-10H2,1-2H3,(H,15,16). The highest BCUT2D eigenvalue weighted by Crippen LogP contribution is 2.51. The number of nitrogens with one attached hydrogen (secondary N) is 1. The number of ether oxygens (including phenoxy) is 1. The number of thioether (sulfide) groups is 1. The number of rotatable bonds is 7. The minimum absolute atomic E-state index is 0.0894. The second-order valence-electron chi connectivity index (χ2n) is 5.01. The third-order valence-electron chi connectivity index (χ3n) is 3.43. The van der Waals surface area contributed by atoms with Crippen molar-refractivity contribution in [3.63, 3.8) is 0 Å². The lowest BCUT2D eigenvalue weighted by Crippen LogP contribution is -2.13. The molecule has 1 saturated carbocycles. The van der Waals surface area contributed by atoms with Crippen molar-refractivity contribution in [2.45, 2.75) is 25.0 Å². The first-order valence-corrected chi connectivity index (χ1v) is 7.61. The highest BCUT2D eigenvalue weighted by atomic mass is 32.2. The number of aromatic nitrogens is 1. The largest absolute Gasteiger partial charge is 0.469 e. The number of carbonyl (C=O) groups is 1. The normalized spacial score (nSPS) is 15.9. The number of methoxy groups -OCH3 is 1. The summed E-state index contributed by atoms with van der Waals surface area (Å²) in [6, 6.07) is 6.00. The average Bonchev–Trinajstić information content (AvgIpc) is 3.18. The third kappa shape index (κ3) is 4.13. The van der Waals surface area contributed by atoms with Gasteiger partial charge in [-0.3, -0.25) is 4.79 Å². The van der Waals surface area contributed by atoms with Crippen molar-refractivity contribution in [3.05, 3.63) is 23.9 Å². The van der Waals surface area contributed by atoms with Crippen LogP contribution in [0.2, 0.25) is 0 Å². The van der Waals surface area contributed by atoms with E-state index in [0.717, 1.165) is 35.9 Å². The van der Waals surface area contributed by atoms with Crippen LogP contribution in [0.4, 0.5) is 5.82 Å². The molecule has 4 nitrogen and oxygen atoms in total.